The Balaban J connectivity index is 2.58. The third kappa shape index (κ3) is 4.29. The van der Waals surface area contributed by atoms with Gasteiger partial charge < -0.3 is 15.2 Å². The Morgan fingerprint density at radius 1 is 0.938 bits per heavy atom. The first-order chi connectivity index (χ1) is 7.76. The zero-order valence-corrected chi connectivity index (χ0v) is 9.77. The van der Waals surface area contributed by atoms with Gasteiger partial charge in [-0.1, -0.05) is 20.3 Å². The van der Waals surface area contributed by atoms with Crippen LogP contribution in [0.2, 0.25) is 0 Å². The third-order valence-electron chi connectivity index (χ3n) is 1.78. The van der Waals surface area contributed by atoms with Crippen molar-refractivity contribution >= 4 is 5.95 Å². The number of anilines is 1. The van der Waals surface area contributed by atoms with Gasteiger partial charge in [0.25, 0.3) is 0 Å². The molecule has 0 aromatic carbocycles. The number of rotatable bonds is 7. The van der Waals surface area contributed by atoms with Crippen LogP contribution in [0.1, 0.15) is 33.1 Å². The number of unbranched alkanes of at least 4 members (excludes halogenated alkanes) is 1. The van der Waals surface area contributed by atoms with Gasteiger partial charge in [-0.25, -0.2) is 0 Å². The lowest BCUT2D eigenvalue weighted by Crippen LogP contribution is -2.08. The van der Waals surface area contributed by atoms with Crippen molar-refractivity contribution in [2.24, 2.45) is 0 Å². The van der Waals surface area contributed by atoms with E-state index in [9.17, 15) is 0 Å². The van der Waals surface area contributed by atoms with Crippen molar-refractivity contribution in [3.63, 3.8) is 0 Å². The average molecular weight is 226 g/mol. The Morgan fingerprint density at radius 3 is 2.12 bits per heavy atom. The van der Waals surface area contributed by atoms with Gasteiger partial charge in [-0.15, -0.1) is 4.98 Å². The first-order valence-corrected chi connectivity index (χ1v) is 5.53. The van der Waals surface area contributed by atoms with E-state index in [0.717, 1.165) is 19.3 Å². The summed E-state index contributed by atoms with van der Waals surface area (Å²) < 4.78 is 10.6. The summed E-state index contributed by atoms with van der Waals surface area (Å²) in [5.74, 6) is 0.118. The molecule has 1 aromatic heterocycles. The van der Waals surface area contributed by atoms with E-state index in [-0.39, 0.29) is 18.0 Å². The van der Waals surface area contributed by atoms with Crippen LogP contribution in [0.4, 0.5) is 5.95 Å². The van der Waals surface area contributed by atoms with Crippen molar-refractivity contribution in [1.29, 1.82) is 0 Å². The topological polar surface area (TPSA) is 83.2 Å². The second-order valence-electron chi connectivity index (χ2n) is 3.31. The molecule has 6 heteroatoms. The number of nitrogen functional groups attached to an aromatic ring is 1. The fraction of sp³-hybridized carbons (Fsp3) is 0.700. The van der Waals surface area contributed by atoms with Crippen LogP contribution in [-0.2, 0) is 0 Å². The van der Waals surface area contributed by atoms with E-state index in [1.165, 1.54) is 0 Å². The summed E-state index contributed by atoms with van der Waals surface area (Å²) >= 11 is 0. The van der Waals surface area contributed by atoms with Gasteiger partial charge in [0.1, 0.15) is 0 Å². The molecule has 1 aromatic rings. The smallest absolute Gasteiger partial charge is 0.324 e. The number of nitrogens with two attached hydrogens (primary N) is 1. The molecule has 0 amide bonds. The Labute approximate surface area is 95.2 Å². The summed E-state index contributed by atoms with van der Waals surface area (Å²) in [5, 5.41) is 0. The highest BCUT2D eigenvalue weighted by Crippen LogP contribution is 2.11. The lowest BCUT2D eigenvalue weighted by atomic mass is 10.4. The standard InChI is InChI=1S/C10H18N4O2/c1-3-5-7-16-10-13-8(11)12-9(14-10)15-6-4-2/h3-7H2,1-2H3,(H2,11,12,13,14). The lowest BCUT2D eigenvalue weighted by Gasteiger charge is -2.06. The quantitative estimate of drug-likeness (QED) is 0.708. The van der Waals surface area contributed by atoms with E-state index in [0.29, 0.717) is 13.2 Å². The molecule has 0 aliphatic carbocycles. The zero-order chi connectivity index (χ0) is 11.8. The number of hydrogen-bond acceptors (Lipinski definition) is 6. The molecule has 0 spiro atoms. The number of hydrogen-bond donors (Lipinski definition) is 1. The molecule has 1 rings (SSSR count). The minimum absolute atomic E-state index is 0.118. The molecular weight excluding hydrogens is 208 g/mol. The largest absolute Gasteiger partial charge is 0.463 e. The van der Waals surface area contributed by atoms with Gasteiger partial charge in [0.15, 0.2) is 0 Å². The maximum absolute atomic E-state index is 5.51. The van der Waals surface area contributed by atoms with Crippen molar-refractivity contribution < 1.29 is 9.47 Å². The predicted octanol–water partition coefficient (Wildman–Crippen LogP) is 1.42. The van der Waals surface area contributed by atoms with Gasteiger partial charge in [-0.3, -0.25) is 0 Å². The molecule has 16 heavy (non-hydrogen) atoms. The molecule has 0 aliphatic heterocycles. The van der Waals surface area contributed by atoms with E-state index in [2.05, 4.69) is 21.9 Å². The molecule has 0 fully saturated rings. The van der Waals surface area contributed by atoms with Crippen molar-refractivity contribution in [3.8, 4) is 12.0 Å². The minimum Gasteiger partial charge on any atom is -0.463 e. The fourth-order valence-corrected chi connectivity index (χ4v) is 0.983. The maximum atomic E-state index is 5.51. The van der Waals surface area contributed by atoms with Crippen LogP contribution in [-0.4, -0.2) is 28.2 Å². The maximum Gasteiger partial charge on any atom is 0.324 e. The van der Waals surface area contributed by atoms with Gasteiger partial charge in [0.05, 0.1) is 13.2 Å². The van der Waals surface area contributed by atoms with Crippen molar-refractivity contribution in [3.05, 3.63) is 0 Å². The van der Waals surface area contributed by atoms with Crippen molar-refractivity contribution in [2.45, 2.75) is 33.1 Å². The summed E-state index contributed by atoms with van der Waals surface area (Å²) in [7, 11) is 0. The Morgan fingerprint density at radius 2 is 1.56 bits per heavy atom. The molecule has 0 atom stereocenters. The highest BCUT2D eigenvalue weighted by Gasteiger charge is 2.05. The normalized spacial score (nSPS) is 10.1. The number of nitrogens with zero attached hydrogens (tertiary/aromatic N) is 3. The van der Waals surface area contributed by atoms with Gasteiger partial charge >= 0.3 is 12.0 Å². The van der Waals surface area contributed by atoms with Crippen LogP contribution in [0, 0.1) is 0 Å². The van der Waals surface area contributed by atoms with Crippen LogP contribution >= 0.6 is 0 Å². The molecule has 0 radical (unpaired) electrons. The van der Waals surface area contributed by atoms with E-state index >= 15 is 0 Å². The second kappa shape index (κ2) is 6.81. The Hall–Kier alpha value is -1.59. The summed E-state index contributed by atoms with van der Waals surface area (Å²) in [6.45, 7) is 5.22. The van der Waals surface area contributed by atoms with Crippen LogP contribution in [0.25, 0.3) is 0 Å². The Bertz CT molecular complexity index is 320. The van der Waals surface area contributed by atoms with E-state index in [4.69, 9.17) is 15.2 Å². The molecular formula is C10H18N4O2. The molecule has 0 saturated carbocycles. The first kappa shape index (κ1) is 12.5. The van der Waals surface area contributed by atoms with Crippen LogP contribution in [0.15, 0.2) is 0 Å². The molecule has 0 aliphatic rings. The van der Waals surface area contributed by atoms with Crippen molar-refractivity contribution in [2.75, 3.05) is 18.9 Å². The summed E-state index contributed by atoms with van der Waals surface area (Å²) in [4.78, 5) is 11.7. The van der Waals surface area contributed by atoms with Crippen LogP contribution in [0.5, 0.6) is 12.0 Å². The second-order valence-corrected chi connectivity index (χ2v) is 3.31. The monoisotopic (exact) mass is 226 g/mol. The van der Waals surface area contributed by atoms with Gasteiger partial charge in [0, 0.05) is 0 Å². The van der Waals surface area contributed by atoms with Crippen molar-refractivity contribution in [1.82, 2.24) is 15.0 Å². The van der Waals surface area contributed by atoms with E-state index in [1.54, 1.807) is 0 Å². The number of ether oxygens (including phenoxy) is 2. The molecule has 0 unspecified atom stereocenters. The van der Waals surface area contributed by atoms with E-state index < -0.39 is 0 Å². The summed E-state index contributed by atoms with van der Waals surface area (Å²) in [5.41, 5.74) is 5.51. The highest BCUT2D eigenvalue weighted by atomic mass is 16.5. The molecule has 0 bridgehead atoms. The van der Waals surface area contributed by atoms with Crippen LogP contribution in [0.3, 0.4) is 0 Å². The molecule has 1 heterocycles. The fourth-order valence-electron chi connectivity index (χ4n) is 0.983. The van der Waals surface area contributed by atoms with E-state index in [1.807, 2.05) is 6.92 Å². The van der Waals surface area contributed by atoms with Crippen LogP contribution < -0.4 is 15.2 Å². The zero-order valence-electron chi connectivity index (χ0n) is 9.77. The highest BCUT2D eigenvalue weighted by molar-refractivity contribution is 5.20. The summed E-state index contributed by atoms with van der Waals surface area (Å²) in [6, 6.07) is 0.452. The third-order valence-corrected chi connectivity index (χ3v) is 1.78. The molecule has 2 N–H and O–H groups in total. The van der Waals surface area contributed by atoms with Gasteiger partial charge in [-0.2, -0.15) is 9.97 Å². The SMILES string of the molecule is CCCCOc1nc(N)nc(OCCC)n1. The van der Waals surface area contributed by atoms with Gasteiger partial charge in [-0.05, 0) is 12.8 Å². The number of aromatic nitrogens is 3. The molecule has 0 saturated heterocycles. The predicted molar refractivity (Wildman–Crippen MR) is 60.4 cm³/mol. The Kier molecular flexibility index (Phi) is 5.31. The molecule has 90 valence electrons. The van der Waals surface area contributed by atoms with Gasteiger partial charge in [0.2, 0.25) is 5.95 Å². The first-order valence-electron chi connectivity index (χ1n) is 5.53. The summed E-state index contributed by atoms with van der Waals surface area (Å²) in [6.07, 6.45) is 2.90. The average Bonchev–Trinajstić information content (AvgIpc) is 2.26. The minimum atomic E-state index is 0.118. The lowest BCUT2D eigenvalue weighted by molar-refractivity contribution is 0.259. The molecule has 6 nitrogen and oxygen atoms in total.